The minimum absolute atomic E-state index is 0.126. The van der Waals surface area contributed by atoms with E-state index in [0.29, 0.717) is 11.1 Å². The number of oxime groups is 1. The summed E-state index contributed by atoms with van der Waals surface area (Å²) in [6.07, 6.45) is -3.54. The summed E-state index contributed by atoms with van der Waals surface area (Å²) in [5.41, 5.74) is -0.263. The van der Waals surface area contributed by atoms with Crippen molar-refractivity contribution in [3.05, 3.63) is 76.3 Å². The van der Waals surface area contributed by atoms with Gasteiger partial charge in [-0.15, -0.1) is 0 Å². The Labute approximate surface area is 176 Å². The van der Waals surface area contributed by atoms with Gasteiger partial charge in [-0.25, -0.2) is 9.18 Å². The number of aryl methyl sites for hydroxylation is 1. The Kier molecular flexibility index (Phi) is 7.79. The quantitative estimate of drug-likeness (QED) is 0.148. The van der Waals surface area contributed by atoms with Crippen molar-refractivity contribution in [1.29, 1.82) is 0 Å². The first kappa shape index (κ1) is 23.9. The van der Waals surface area contributed by atoms with Crippen molar-refractivity contribution in [2.75, 3.05) is 14.2 Å². The van der Waals surface area contributed by atoms with Crippen LogP contribution in [0.15, 0.2) is 47.8 Å². The van der Waals surface area contributed by atoms with E-state index in [2.05, 4.69) is 5.16 Å². The van der Waals surface area contributed by atoms with Crippen molar-refractivity contribution < 1.29 is 36.7 Å². The molecule has 0 N–H and O–H groups in total. The van der Waals surface area contributed by atoms with E-state index in [0.717, 1.165) is 23.8 Å². The number of hydrogen-bond donors (Lipinski definition) is 0. The van der Waals surface area contributed by atoms with Crippen LogP contribution in [0.2, 0.25) is 0 Å². The Morgan fingerprint density at radius 3 is 2.42 bits per heavy atom. The Hall–Kier alpha value is -3.36. The van der Waals surface area contributed by atoms with Crippen LogP contribution >= 0.6 is 0 Å². The molecule has 0 aliphatic heterocycles. The van der Waals surface area contributed by atoms with Gasteiger partial charge < -0.3 is 14.3 Å². The second-order valence-electron chi connectivity index (χ2n) is 6.47. The average Bonchev–Trinajstić information content (AvgIpc) is 2.71. The zero-order chi connectivity index (χ0) is 23.2. The molecule has 0 atom stereocenters. The van der Waals surface area contributed by atoms with Gasteiger partial charge in [0.15, 0.2) is 0 Å². The molecule has 0 fully saturated rings. The van der Waals surface area contributed by atoms with Gasteiger partial charge in [-0.1, -0.05) is 29.4 Å². The number of hydrogen-bond acceptors (Lipinski definition) is 5. The molecule has 0 unspecified atom stereocenters. The average molecular weight is 439 g/mol. The summed E-state index contributed by atoms with van der Waals surface area (Å²) in [6, 6.07) is 7.79. The molecule has 5 nitrogen and oxygen atoms in total. The lowest BCUT2D eigenvalue weighted by Gasteiger charge is -2.15. The molecule has 0 saturated carbocycles. The summed E-state index contributed by atoms with van der Waals surface area (Å²) in [5, 5.41) is 3.69. The molecular weight excluding hydrogens is 418 g/mol. The molecule has 31 heavy (non-hydrogen) atoms. The number of carbonyl (C=O) groups excluding carboxylic acids is 1. The summed E-state index contributed by atoms with van der Waals surface area (Å²) in [6.45, 7) is 2.80. The number of alkyl halides is 3. The van der Waals surface area contributed by atoms with Gasteiger partial charge in [-0.2, -0.15) is 13.2 Å². The molecule has 0 aliphatic rings. The summed E-state index contributed by atoms with van der Waals surface area (Å²) in [5.74, 6) is -1.71. The predicted molar refractivity (Wildman–Crippen MR) is 107 cm³/mol. The first-order chi connectivity index (χ1) is 14.6. The highest BCUT2D eigenvalue weighted by Crippen LogP contribution is 2.33. The maximum Gasteiger partial charge on any atom is 0.417 e. The zero-order valence-corrected chi connectivity index (χ0v) is 17.3. The molecule has 0 aromatic heterocycles. The van der Waals surface area contributed by atoms with Crippen LogP contribution in [0.1, 0.15) is 34.7 Å². The molecule has 0 aliphatic carbocycles. The Morgan fingerprint density at radius 2 is 1.81 bits per heavy atom. The molecule has 0 heterocycles. The third-order valence-corrected chi connectivity index (χ3v) is 4.43. The van der Waals surface area contributed by atoms with Crippen LogP contribution in [0.3, 0.4) is 0 Å². The smallest absolute Gasteiger partial charge is 0.417 e. The monoisotopic (exact) mass is 439 g/mol. The lowest BCUT2D eigenvalue weighted by molar-refractivity contribution is -0.138. The highest BCUT2D eigenvalue weighted by molar-refractivity contribution is 6.16. The number of halogens is 4. The Balaban J connectivity index is 2.38. The molecular formula is C22H21F4NO4. The van der Waals surface area contributed by atoms with Crippen LogP contribution in [-0.4, -0.2) is 25.9 Å². The van der Waals surface area contributed by atoms with E-state index in [9.17, 15) is 22.4 Å². The first-order valence-electron chi connectivity index (χ1n) is 9.04. The van der Waals surface area contributed by atoms with Gasteiger partial charge in [0.1, 0.15) is 18.0 Å². The third-order valence-electron chi connectivity index (χ3n) is 4.43. The lowest BCUT2D eigenvalue weighted by atomic mass is 9.97. The van der Waals surface area contributed by atoms with Crippen molar-refractivity contribution in [3.63, 3.8) is 0 Å². The summed E-state index contributed by atoms with van der Waals surface area (Å²) < 4.78 is 63.5. The highest BCUT2D eigenvalue weighted by Gasteiger charge is 2.35. The maximum atomic E-state index is 14.1. The largest absolute Gasteiger partial charge is 0.503 e. The topological polar surface area (TPSA) is 57.1 Å². The van der Waals surface area contributed by atoms with Gasteiger partial charge in [0.05, 0.1) is 31.8 Å². The SMILES string of the molecule is CO/C=C(/C(=O)OC)c1cccc(C)c1CO/N=C(\C)c1c(F)cccc1C(F)(F)F. The Morgan fingerprint density at radius 1 is 1.13 bits per heavy atom. The molecule has 0 spiro atoms. The minimum Gasteiger partial charge on any atom is -0.503 e. The molecule has 0 radical (unpaired) electrons. The van der Waals surface area contributed by atoms with E-state index < -0.39 is 29.1 Å². The van der Waals surface area contributed by atoms with E-state index in [4.69, 9.17) is 14.3 Å². The predicted octanol–water partition coefficient (Wildman–Crippen LogP) is 5.25. The molecule has 166 valence electrons. The van der Waals surface area contributed by atoms with E-state index in [1.165, 1.54) is 27.4 Å². The van der Waals surface area contributed by atoms with E-state index in [1.54, 1.807) is 25.1 Å². The van der Waals surface area contributed by atoms with Crippen LogP contribution in [0.25, 0.3) is 5.57 Å². The van der Waals surface area contributed by atoms with Crippen LogP contribution in [0.4, 0.5) is 17.6 Å². The van der Waals surface area contributed by atoms with Crippen LogP contribution in [-0.2, 0) is 31.9 Å². The number of benzene rings is 2. The standard InChI is InChI=1S/C22H21F4NO4/c1-13-7-5-8-15(17(11-29-3)21(28)30-4)16(13)12-31-27-14(2)20-18(22(24,25)26)9-6-10-19(20)23/h5-11H,12H2,1-4H3/b17-11+,27-14+. The molecule has 0 amide bonds. The van der Waals surface area contributed by atoms with Crippen LogP contribution in [0.5, 0.6) is 0 Å². The van der Waals surface area contributed by atoms with Gasteiger partial charge in [0.25, 0.3) is 0 Å². The lowest BCUT2D eigenvalue weighted by Crippen LogP contribution is -2.14. The first-order valence-corrected chi connectivity index (χ1v) is 9.04. The third kappa shape index (κ3) is 5.62. The van der Waals surface area contributed by atoms with Crippen molar-refractivity contribution >= 4 is 17.3 Å². The molecule has 2 aromatic carbocycles. The number of rotatable bonds is 7. The van der Waals surface area contributed by atoms with Crippen molar-refractivity contribution in [2.24, 2.45) is 5.16 Å². The minimum atomic E-state index is -4.75. The zero-order valence-electron chi connectivity index (χ0n) is 17.3. The van der Waals surface area contributed by atoms with Crippen molar-refractivity contribution in [2.45, 2.75) is 26.6 Å². The summed E-state index contributed by atoms with van der Waals surface area (Å²) >= 11 is 0. The van der Waals surface area contributed by atoms with E-state index in [1.807, 2.05) is 0 Å². The van der Waals surface area contributed by atoms with Gasteiger partial charge in [0.2, 0.25) is 0 Å². The van der Waals surface area contributed by atoms with E-state index >= 15 is 0 Å². The fourth-order valence-corrected chi connectivity index (χ4v) is 2.96. The molecule has 2 rings (SSSR count). The van der Waals surface area contributed by atoms with Gasteiger partial charge in [0, 0.05) is 11.1 Å². The normalized spacial score (nSPS) is 12.5. The van der Waals surface area contributed by atoms with Crippen molar-refractivity contribution in [1.82, 2.24) is 0 Å². The fourth-order valence-electron chi connectivity index (χ4n) is 2.96. The molecule has 0 bridgehead atoms. The number of esters is 1. The molecule has 2 aromatic rings. The van der Waals surface area contributed by atoms with Gasteiger partial charge in [-0.05, 0) is 37.1 Å². The summed E-state index contributed by atoms with van der Waals surface area (Å²) in [4.78, 5) is 17.4. The van der Waals surface area contributed by atoms with Crippen molar-refractivity contribution in [3.8, 4) is 0 Å². The van der Waals surface area contributed by atoms with Gasteiger partial charge in [-0.3, -0.25) is 0 Å². The maximum absolute atomic E-state index is 14.1. The fraction of sp³-hybridized carbons (Fsp3) is 0.273. The number of methoxy groups -OCH3 is 2. The van der Waals surface area contributed by atoms with Crippen LogP contribution < -0.4 is 0 Å². The number of nitrogens with zero attached hydrogens (tertiary/aromatic N) is 1. The van der Waals surface area contributed by atoms with Crippen LogP contribution in [0, 0.1) is 12.7 Å². The second kappa shape index (κ2) is 10.1. The molecule has 9 heteroatoms. The van der Waals surface area contributed by atoms with E-state index in [-0.39, 0.29) is 17.9 Å². The van der Waals surface area contributed by atoms with Gasteiger partial charge >= 0.3 is 12.1 Å². The molecule has 0 saturated heterocycles. The highest BCUT2D eigenvalue weighted by atomic mass is 19.4. The Bertz CT molecular complexity index is 1010. The number of ether oxygens (including phenoxy) is 2. The summed E-state index contributed by atoms with van der Waals surface area (Å²) in [7, 11) is 2.59. The second-order valence-corrected chi connectivity index (χ2v) is 6.47. The number of carbonyl (C=O) groups is 1.